The molecule has 1 fully saturated rings. The number of carbonyl (C=O) groups excluding carboxylic acids is 1. The monoisotopic (exact) mass is 324 g/mol. The van der Waals surface area contributed by atoms with E-state index in [1.165, 1.54) is 0 Å². The first-order chi connectivity index (χ1) is 11.1. The second-order valence-corrected chi connectivity index (χ2v) is 5.94. The molecule has 1 rings (SSSR count). The summed E-state index contributed by atoms with van der Waals surface area (Å²) in [5.74, 6) is 7.14. The molecule has 1 saturated heterocycles. The summed E-state index contributed by atoms with van der Waals surface area (Å²) in [6.07, 6.45) is 3.77. The van der Waals surface area contributed by atoms with E-state index in [0.717, 1.165) is 58.6 Å². The molecule has 0 aromatic heterocycles. The molecule has 1 heterocycles. The van der Waals surface area contributed by atoms with E-state index in [1.807, 2.05) is 18.7 Å². The molecule has 0 aromatic rings. The molecule has 0 N–H and O–H groups in total. The number of rotatable bonds is 7. The third-order valence-electron chi connectivity index (χ3n) is 3.66. The summed E-state index contributed by atoms with van der Waals surface area (Å²) in [6.45, 7) is 13.4. The lowest BCUT2D eigenvalue weighted by atomic mass is 10.1. The van der Waals surface area contributed by atoms with E-state index in [-0.39, 0.29) is 0 Å². The lowest BCUT2D eigenvalue weighted by molar-refractivity contribution is -0.133. The lowest BCUT2D eigenvalue weighted by Crippen LogP contribution is -2.48. The summed E-state index contributed by atoms with van der Waals surface area (Å²) < 4.78 is 5.01. The number of methoxy groups -OCH3 is 1. The van der Waals surface area contributed by atoms with Crippen molar-refractivity contribution in [2.24, 2.45) is 5.92 Å². The minimum atomic E-state index is 0.306. The Morgan fingerprint density at radius 2 is 1.74 bits per heavy atom. The van der Waals surface area contributed by atoms with Crippen LogP contribution in [0.2, 0.25) is 0 Å². The molecule has 0 aliphatic carbocycles. The molecule has 0 atom stereocenters. The molecule has 0 bridgehead atoms. The molecule has 1 aliphatic rings. The molecule has 4 heteroatoms. The van der Waals surface area contributed by atoms with Gasteiger partial charge in [-0.1, -0.05) is 46.0 Å². The van der Waals surface area contributed by atoms with Crippen LogP contribution >= 0.6 is 0 Å². The molecule has 1 amide bonds. The van der Waals surface area contributed by atoms with E-state index in [2.05, 4.69) is 30.6 Å². The summed E-state index contributed by atoms with van der Waals surface area (Å²) in [4.78, 5) is 16.4. The van der Waals surface area contributed by atoms with Crippen molar-refractivity contribution >= 4 is 5.91 Å². The van der Waals surface area contributed by atoms with Crippen LogP contribution < -0.4 is 0 Å². The van der Waals surface area contributed by atoms with Crippen LogP contribution in [0.25, 0.3) is 0 Å². The minimum Gasteiger partial charge on any atom is -0.385 e. The Bertz CT molecular complexity index is 350. The Morgan fingerprint density at radius 1 is 1.09 bits per heavy atom. The maximum atomic E-state index is 12.1. The number of carbonyl (C=O) groups is 1. The highest BCUT2D eigenvalue weighted by Gasteiger charge is 2.19. The van der Waals surface area contributed by atoms with Crippen LogP contribution in [0.3, 0.4) is 0 Å². The average molecular weight is 325 g/mol. The van der Waals surface area contributed by atoms with Crippen LogP contribution in [0.15, 0.2) is 0 Å². The van der Waals surface area contributed by atoms with Crippen molar-refractivity contribution in [3.8, 4) is 11.8 Å². The molecular weight excluding hydrogens is 288 g/mol. The third-order valence-corrected chi connectivity index (χ3v) is 3.66. The zero-order valence-electron chi connectivity index (χ0n) is 15.9. The van der Waals surface area contributed by atoms with Gasteiger partial charge in [-0.05, 0) is 12.8 Å². The largest absolute Gasteiger partial charge is 0.385 e. The van der Waals surface area contributed by atoms with Crippen LogP contribution in [-0.2, 0) is 9.53 Å². The number of hydrogen-bond donors (Lipinski definition) is 0. The van der Waals surface area contributed by atoms with Gasteiger partial charge in [0.1, 0.15) is 0 Å². The number of nitrogens with zero attached hydrogens (tertiary/aromatic N) is 2. The summed E-state index contributed by atoms with van der Waals surface area (Å²) in [5.41, 5.74) is 0. The van der Waals surface area contributed by atoms with E-state index in [4.69, 9.17) is 4.74 Å². The predicted octanol–water partition coefficient (Wildman–Crippen LogP) is 3.02. The Morgan fingerprint density at radius 3 is 2.30 bits per heavy atom. The molecule has 4 nitrogen and oxygen atoms in total. The van der Waals surface area contributed by atoms with Gasteiger partial charge in [0.05, 0.1) is 6.54 Å². The van der Waals surface area contributed by atoms with E-state index < -0.39 is 0 Å². The van der Waals surface area contributed by atoms with Crippen LogP contribution in [0.5, 0.6) is 0 Å². The molecular formula is C19H36N2O2. The maximum absolute atomic E-state index is 12.1. The van der Waals surface area contributed by atoms with Crippen molar-refractivity contribution in [2.75, 3.05) is 46.4 Å². The average Bonchev–Trinajstić information content (AvgIpc) is 2.56. The van der Waals surface area contributed by atoms with Gasteiger partial charge < -0.3 is 9.64 Å². The minimum absolute atomic E-state index is 0.306. The summed E-state index contributed by atoms with van der Waals surface area (Å²) in [7, 11) is 1.72. The normalized spacial score (nSPS) is 14.8. The van der Waals surface area contributed by atoms with Crippen molar-refractivity contribution in [1.29, 1.82) is 0 Å². The van der Waals surface area contributed by atoms with Crippen molar-refractivity contribution in [1.82, 2.24) is 9.80 Å². The number of ether oxygens (including phenoxy) is 1. The number of hydrogen-bond acceptors (Lipinski definition) is 3. The van der Waals surface area contributed by atoms with Crippen LogP contribution in [0.1, 0.15) is 53.4 Å². The fraction of sp³-hybridized carbons (Fsp3) is 0.842. The van der Waals surface area contributed by atoms with Gasteiger partial charge in [0, 0.05) is 52.2 Å². The number of piperazine rings is 1. The van der Waals surface area contributed by atoms with E-state index in [0.29, 0.717) is 18.2 Å². The highest BCUT2D eigenvalue weighted by atomic mass is 16.5. The van der Waals surface area contributed by atoms with E-state index >= 15 is 0 Å². The van der Waals surface area contributed by atoms with Crippen molar-refractivity contribution < 1.29 is 9.53 Å². The molecule has 134 valence electrons. The summed E-state index contributed by atoms with van der Waals surface area (Å²) in [6, 6.07) is 0. The Kier molecular flexibility index (Phi) is 13.9. The summed E-state index contributed by atoms with van der Waals surface area (Å²) in [5, 5.41) is 0. The SMILES string of the molecule is CC.COCCCCCC(=O)N1CCN(CC#CC(C)C)CC1. The fourth-order valence-corrected chi connectivity index (χ4v) is 2.37. The topological polar surface area (TPSA) is 32.8 Å². The molecule has 0 spiro atoms. The van der Waals surface area contributed by atoms with Gasteiger partial charge >= 0.3 is 0 Å². The fourth-order valence-electron chi connectivity index (χ4n) is 2.37. The number of unbranched alkanes of at least 4 members (excludes halogenated alkanes) is 2. The first-order valence-electron chi connectivity index (χ1n) is 9.11. The molecule has 0 aromatic carbocycles. The second kappa shape index (κ2) is 14.5. The van der Waals surface area contributed by atoms with E-state index in [1.54, 1.807) is 7.11 Å². The Balaban J connectivity index is 0.00000232. The standard InChI is InChI=1S/C17H30N2O2.C2H6/c1-16(2)8-7-10-18-11-13-19(14-12-18)17(20)9-5-4-6-15-21-3;1-2/h16H,4-6,9-15H2,1-3H3;1-2H3. The van der Waals surface area contributed by atoms with Gasteiger partial charge in [-0.3, -0.25) is 9.69 Å². The van der Waals surface area contributed by atoms with Crippen molar-refractivity contribution in [2.45, 2.75) is 53.4 Å². The molecule has 0 unspecified atom stereocenters. The first kappa shape index (κ1) is 21.9. The third kappa shape index (κ3) is 11.2. The van der Waals surface area contributed by atoms with E-state index in [9.17, 15) is 4.79 Å². The van der Waals surface area contributed by atoms with Gasteiger partial charge in [0.2, 0.25) is 5.91 Å². The van der Waals surface area contributed by atoms with Crippen LogP contribution in [0.4, 0.5) is 0 Å². The zero-order valence-corrected chi connectivity index (χ0v) is 15.9. The highest BCUT2D eigenvalue weighted by molar-refractivity contribution is 5.76. The summed E-state index contributed by atoms with van der Waals surface area (Å²) >= 11 is 0. The lowest BCUT2D eigenvalue weighted by Gasteiger charge is -2.33. The smallest absolute Gasteiger partial charge is 0.222 e. The molecule has 0 saturated carbocycles. The molecule has 0 radical (unpaired) electrons. The van der Waals surface area contributed by atoms with Gasteiger partial charge in [-0.15, -0.1) is 0 Å². The Hall–Kier alpha value is -1.05. The van der Waals surface area contributed by atoms with Gasteiger partial charge in [-0.25, -0.2) is 0 Å². The zero-order chi connectivity index (χ0) is 17.5. The quantitative estimate of drug-likeness (QED) is 0.533. The molecule has 1 aliphatic heterocycles. The van der Waals surface area contributed by atoms with Gasteiger partial charge in [0.15, 0.2) is 0 Å². The number of amides is 1. The van der Waals surface area contributed by atoms with Crippen LogP contribution in [-0.4, -0.2) is 62.1 Å². The Labute approximate surface area is 143 Å². The highest BCUT2D eigenvalue weighted by Crippen LogP contribution is 2.07. The second-order valence-electron chi connectivity index (χ2n) is 5.94. The van der Waals surface area contributed by atoms with Gasteiger partial charge in [0.25, 0.3) is 0 Å². The maximum Gasteiger partial charge on any atom is 0.222 e. The van der Waals surface area contributed by atoms with Gasteiger partial charge in [-0.2, -0.15) is 0 Å². The first-order valence-corrected chi connectivity index (χ1v) is 9.11. The predicted molar refractivity (Wildman–Crippen MR) is 97.3 cm³/mol. The van der Waals surface area contributed by atoms with Crippen molar-refractivity contribution in [3.63, 3.8) is 0 Å². The molecule has 23 heavy (non-hydrogen) atoms. The van der Waals surface area contributed by atoms with Crippen molar-refractivity contribution in [3.05, 3.63) is 0 Å². The van der Waals surface area contributed by atoms with Crippen LogP contribution in [0, 0.1) is 17.8 Å².